The van der Waals surface area contributed by atoms with Gasteiger partial charge in [0.1, 0.15) is 5.58 Å². The van der Waals surface area contributed by atoms with E-state index in [4.69, 9.17) is 4.42 Å². The van der Waals surface area contributed by atoms with Crippen molar-refractivity contribution in [2.45, 2.75) is 26.2 Å². The van der Waals surface area contributed by atoms with Crippen LogP contribution in [0.25, 0.3) is 75.1 Å². The maximum absolute atomic E-state index is 6.94. The van der Waals surface area contributed by atoms with Crippen molar-refractivity contribution in [2.24, 2.45) is 0 Å². The fourth-order valence-electron chi connectivity index (χ4n) is 8.03. The first-order valence-corrected chi connectivity index (χ1v) is 19.1. The number of rotatable bonds is 5. The maximum Gasteiger partial charge on any atom is 0.159 e. The average Bonchev–Trinajstić information content (AvgIpc) is 3.77. The van der Waals surface area contributed by atoms with Gasteiger partial charge in [-0.3, -0.25) is 0 Å². The Balaban J connectivity index is 1.14. The third-order valence-electron chi connectivity index (χ3n) is 10.6. The number of benzene rings is 8. The summed E-state index contributed by atoms with van der Waals surface area (Å²) in [6.07, 6.45) is 0. The van der Waals surface area contributed by atoms with Gasteiger partial charge in [0, 0.05) is 47.9 Å². The Labute approximate surface area is 313 Å². The van der Waals surface area contributed by atoms with Gasteiger partial charge in [0.05, 0.1) is 5.69 Å². The molecule has 0 fully saturated rings. The molecule has 0 saturated carbocycles. The number of anilines is 3. The van der Waals surface area contributed by atoms with Crippen molar-refractivity contribution in [3.63, 3.8) is 0 Å². The summed E-state index contributed by atoms with van der Waals surface area (Å²) < 4.78 is 9.58. The Morgan fingerprint density at radius 1 is 0.453 bits per heavy atom. The van der Waals surface area contributed by atoms with Crippen LogP contribution in [0.3, 0.4) is 0 Å². The Kier molecular flexibility index (Phi) is 7.28. The fourth-order valence-corrected chi connectivity index (χ4v) is 9.27. The minimum absolute atomic E-state index is 0.0578. The molecule has 53 heavy (non-hydrogen) atoms. The Bertz CT molecular complexity index is 2970. The second-order valence-electron chi connectivity index (χ2n) is 14.9. The van der Waals surface area contributed by atoms with Crippen LogP contribution < -0.4 is 4.90 Å². The lowest BCUT2D eigenvalue weighted by Crippen LogP contribution is -2.11. The number of fused-ring (bicyclic) bond motifs is 7. The molecule has 0 amide bonds. The zero-order valence-electron chi connectivity index (χ0n) is 29.9. The lowest BCUT2D eigenvalue weighted by Gasteiger charge is -2.26. The minimum atomic E-state index is -0.0578. The van der Waals surface area contributed by atoms with E-state index in [0.29, 0.717) is 0 Å². The molecule has 2 heterocycles. The summed E-state index contributed by atoms with van der Waals surface area (Å²) in [6, 6.07) is 61.6. The number of thiophene rings is 1. The SMILES string of the molecule is CC(C)(C)c1cccc2c1oc1c(N(c3ccc(-c4cccc5ccccc45)cc3)c3ccc(-c4cccc5c4sc4ccccc45)cc3)cccc12. The van der Waals surface area contributed by atoms with Gasteiger partial charge in [0.15, 0.2) is 5.58 Å². The van der Waals surface area contributed by atoms with Gasteiger partial charge in [-0.05, 0) is 74.8 Å². The molecule has 8 aromatic carbocycles. The summed E-state index contributed by atoms with van der Waals surface area (Å²) in [5.41, 5.74) is 11.0. The van der Waals surface area contributed by atoms with E-state index in [0.717, 1.165) is 39.0 Å². The van der Waals surface area contributed by atoms with Gasteiger partial charge < -0.3 is 9.32 Å². The van der Waals surface area contributed by atoms with E-state index in [1.54, 1.807) is 0 Å². The monoisotopic (exact) mass is 699 g/mol. The average molecular weight is 700 g/mol. The summed E-state index contributed by atoms with van der Waals surface area (Å²) in [5, 5.41) is 7.39. The first-order valence-electron chi connectivity index (χ1n) is 18.3. The number of hydrogen-bond acceptors (Lipinski definition) is 3. The van der Waals surface area contributed by atoms with Gasteiger partial charge in [-0.25, -0.2) is 0 Å². The van der Waals surface area contributed by atoms with E-state index in [2.05, 4.69) is 196 Å². The molecule has 3 heteroatoms. The summed E-state index contributed by atoms with van der Waals surface area (Å²) in [4.78, 5) is 2.35. The molecule has 254 valence electrons. The number of nitrogens with zero attached hydrogens (tertiary/aromatic N) is 1. The number of furan rings is 1. The van der Waals surface area contributed by atoms with Gasteiger partial charge >= 0.3 is 0 Å². The molecule has 0 unspecified atom stereocenters. The van der Waals surface area contributed by atoms with E-state index in [1.807, 2.05) is 11.3 Å². The predicted octanol–water partition coefficient (Wildman–Crippen LogP) is 15.2. The highest BCUT2D eigenvalue weighted by Crippen LogP contribution is 2.46. The molecule has 0 spiro atoms. The molecule has 0 bridgehead atoms. The van der Waals surface area contributed by atoms with Crippen molar-refractivity contribution >= 4 is 81.3 Å². The van der Waals surface area contributed by atoms with Crippen LogP contribution in [0.2, 0.25) is 0 Å². The number of para-hydroxylation sites is 2. The molecule has 2 nitrogen and oxygen atoms in total. The summed E-state index contributed by atoms with van der Waals surface area (Å²) >= 11 is 1.87. The van der Waals surface area contributed by atoms with Crippen LogP contribution in [0.1, 0.15) is 26.3 Å². The smallest absolute Gasteiger partial charge is 0.159 e. The third-order valence-corrected chi connectivity index (χ3v) is 11.8. The van der Waals surface area contributed by atoms with Crippen LogP contribution in [-0.4, -0.2) is 0 Å². The van der Waals surface area contributed by atoms with E-state index in [1.165, 1.54) is 58.8 Å². The lowest BCUT2D eigenvalue weighted by molar-refractivity contribution is 0.573. The largest absolute Gasteiger partial charge is 0.454 e. The van der Waals surface area contributed by atoms with Crippen molar-refractivity contribution in [2.75, 3.05) is 4.90 Å². The van der Waals surface area contributed by atoms with Gasteiger partial charge in [0.25, 0.3) is 0 Å². The summed E-state index contributed by atoms with van der Waals surface area (Å²) in [6.45, 7) is 6.75. The second-order valence-corrected chi connectivity index (χ2v) is 16.0. The van der Waals surface area contributed by atoms with Gasteiger partial charge in [0.2, 0.25) is 0 Å². The molecule has 0 saturated heterocycles. The Hall–Kier alpha value is -6.16. The van der Waals surface area contributed by atoms with Crippen molar-refractivity contribution in [1.29, 1.82) is 0 Å². The fraction of sp³-hybridized carbons (Fsp3) is 0.0800. The molecular weight excluding hydrogens is 663 g/mol. The molecule has 0 aliphatic carbocycles. The third kappa shape index (κ3) is 5.23. The van der Waals surface area contributed by atoms with Crippen LogP contribution in [0.4, 0.5) is 17.1 Å². The molecule has 0 aliphatic heterocycles. The summed E-state index contributed by atoms with van der Waals surface area (Å²) in [7, 11) is 0. The topological polar surface area (TPSA) is 16.4 Å². The van der Waals surface area contributed by atoms with Crippen molar-refractivity contribution < 1.29 is 4.42 Å². The van der Waals surface area contributed by atoms with Gasteiger partial charge in [-0.1, -0.05) is 154 Å². The molecule has 0 N–H and O–H groups in total. The van der Waals surface area contributed by atoms with Crippen LogP contribution in [0.5, 0.6) is 0 Å². The Morgan fingerprint density at radius 2 is 1.00 bits per heavy atom. The van der Waals surface area contributed by atoms with Crippen molar-refractivity contribution in [3.05, 3.63) is 175 Å². The van der Waals surface area contributed by atoms with E-state index >= 15 is 0 Å². The highest BCUT2D eigenvalue weighted by Gasteiger charge is 2.24. The summed E-state index contributed by atoms with van der Waals surface area (Å²) in [5.74, 6) is 0. The molecular formula is C50H37NOS. The lowest BCUT2D eigenvalue weighted by atomic mass is 9.86. The van der Waals surface area contributed by atoms with Crippen molar-refractivity contribution in [1.82, 2.24) is 0 Å². The zero-order chi connectivity index (χ0) is 35.7. The van der Waals surface area contributed by atoms with E-state index in [-0.39, 0.29) is 5.41 Å². The van der Waals surface area contributed by atoms with Crippen LogP contribution in [0, 0.1) is 0 Å². The van der Waals surface area contributed by atoms with Crippen LogP contribution >= 0.6 is 11.3 Å². The molecule has 0 radical (unpaired) electrons. The molecule has 2 aromatic heterocycles. The standard InChI is InChI=1S/C50H37NOS/c1-50(2,3)44-21-10-18-41-42-19-11-22-45(48(42)52-47(41)44)51(35-28-24-33(25-29-35)38-16-8-13-32-12-4-5-14-37(32)38)36-30-26-34(27-31-36)39-17-9-20-43-40-15-6-7-23-46(40)53-49(39)43/h4-31H,1-3H3. The first kappa shape index (κ1) is 31.6. The van der Waals surface area contributed by atoms with Gasteiger partial charge in [-0.15, -0.1) is 11.3 Å². The zero-order valence-corrected chi connectivity index (χ0v) is 30.7. The van der Waals surface area contributed by atoms with Crippen LogP contribution in [0.15, 0.2) is 174 Å². The van der Waals surface area contributed by atoms with Crippen LogP contribution in [-0.2, 0) is 5.41 Å². The highest BCUT2D eigenvalue weighted by molar-refractivity contribution is 7.26. The second kappa shape index (κ2) is 12.2. The predicted molar refractivity (Wildman–Crippen MR) is 228 cm³/mol. The quantitative estimate of drug-likeness (QED) is 0.178. The first-order chi connectivity index (χ1) is 25.9. The maximum atomic E-state index is 6.94. The van der Waals surface area contributed by atoms with E-state index < -0.39 is 0 Å². The molecule has 10 aromatic rings. The molecule has 0 aliphatic rings. The van der Waals surface area contributed by atoms with Crippen molar-refractivity contribution in [3.8, 4) is 22.3 Å². The highest BCUT2D eigenvalue weighted by atomic mass is 32.1. The van der Waals surface area contributed by atoms with E-state index in [9.17, 15) is 0 Å². The molecule has 0 atom stereocenters. The number of hydrogen-bond donors (Lipinski definition) is 0. The normalized spacial score (nSPS) is 12.1. The minimum Gasteiger partial charge on any atom is -0.454 e. The van der Waals surface area contributed by atoms with Gasteiger partial charge in [-0.2, -0.15) is 0 Å². The Morgan fingerprint density at radius 3 is 1.75 bits per heavy atom. The molecule has 10 rings (SSSR count).